The fraction of sp³-hybridized carbons (Fsp3) is 0. The second-order valence-corrected chi connectivity index (χ2v) is 2.65. The molecule has 13 heavy (non-hydrogen) atoms. The zero-order valence-corrected chi connectivity index (χ0v) is 6.79. The van der Waals surface area contributed by atoms with Crippen LogP contribution in [0.25, 0.3) is 11.4 Å². The van der Waals surface area contributed by atoms with Crippen molar-refractivity contribution < 1.29 is 4.39 Å². The van der Waals surface area contributed by atoms with Crippen LogP contribution in [0.1, 0.15) is 0 Å². The number of benzene rings is 1. The van der Waals surface area contributed by atoms with Crippen LogP contribution in [-0.4, -0.2) is 9.97 Å². The molecular formula is C9H8FN3. The molecule has 4 heteroatoms. The molecule has 66 valence electrons. The van der Waals surface area contributed by atoms with E-state index in [9.17, 15) is 4.39 Å². The predicted octanol–water partition coefficient (Wildman–Crippen LogP) is 1.80. The van der Waals surface area contributed by atoms with Gasteiger partial charge in [0.15, 0.2) is 5.82 Å². The maximum Gasteiger partial charge on any atom is 0.156 e. The Morgan fingerprint density at radius 3 is 2.92 bits per heavy atom. The molecule has 1 aromatic heterocycles. The molecule has 2 rings (SSSR count). The Labute approximate surface area is 74.4 Å². The van der Waals surface area contributed by atoms with Gasteiger partial charge in [-0.1, -0.05) is 6.07 Å². The zero-order chi connectivity index (χ0) is 9.26. The highest BCUT2D eigenvalue weighted by Crippen LogP contribution is 2.22. The van der Waals surface area contributed by atoms with Crippen LogP contribution in [0.15, 0.2) is 30.6 Å². The average molecular weight is 177 g/mol. The molecular weight excluding hydrogens is 169 g/mol. The normalized spacial score (nSPS) is 10.2. The molecule has 3 nitrogen and oxygen atoms in total. The van der Waals surface area contributed by atoms with Crippen LogP contribution in [0.2, 0.25) is 0 Å². The summed E-state index contributed by atoms with van der Waals surface area (Å²) in [4.78, 5) is 6.75. The van der Waals surface area contributed by atoms with Crippen LogP contribution in [0, 0.1) is 5.82 Å². The van der Waals surface area contributed by atoms with Crippen molar-refractivity contribution in [2.75, 3.05) is 5.73 Å². The quantitative estimate of drug-likeness (QED) is 0.652. The highest BCUT2D eigenvalue weighted by molar-refractivity contribution is 5.62. The molecule has 0 atom stereocenters. The zero-order valence-electron chi connectivity index (χ0n) is 6.79. The monoisotopic (exact) mass is 177 g/mol. The van der Waals surface area contributed by atoms with Gasteiger partial charge in [0.1, 0.15) is 5.82 Å². The smallest absolute Gasteiger partial charge is 0.156 e. The third kappa shape index (κ3) is 1.26. The molecule has 0 saturated heterocycles. The van der Waals surface area contributed by atoms with E-state index in [1.54, 1.807) is 24.5 Å². The molecule has 0 aliphatic heterocycles. The summed E-state index contributed by atoms with van der Waals surface area (Å²) in [7, 11) is 0. The molecule has 1 heterocycles. The first-order valence-corrected chi connectivity index (χ1v) is 3.83. The molecule has 0 aliphatic carbocycles. The third-order valence-electron chi connectivity index (χ3n) is 1.78. The van der Waals surface area contributed by atoms with Gasteiger partial charge >= 0.3 is 0 Å². The number of halogens is 1. The lowest BCUT2D eigenvalue weighted by Gasteiger charge is -2.01. The number of aromatic amines is 1. The van der Waals surface area contributed by atoms with Crippen molar-refractivity contribution in [3.8, 4) is 11.4 Å². The number of nitrogens with zero attached hydrogens (tertiary/aromatic N) is 1. The number of nitrogens with one attached hydrogen (secondary N) is 1. The minimum absolute atomic E-state index is 0.133. The van der Waals surface area contributed by atoms with E-state index in [2.05, 4.69) is 9.97 Å². The van der Waals surface area contributed by atoms with Crippen LogP contribution >= 0.6 is 0 Å². The van der Waals surface area contributed by atoms with E-state index in [-0.39, 0.29) is 5.69 Å². The van der Waals surface area contributed by atoms with Crippen LogP contribution in [-0.2, 0) is 0 Å². The van der Waals surface area contributed by atoms with Gasteiger partial charge in [0, 0.05) is 12.4 Å². The second kappa shape index (κ2) is 2.90. The Kier molecular flexibility index (Phi) is 1.73. The molecule has 0 bridgehead atoms. The van der Waals surface area contributed by atoms with Crippen molar-refractivity contribution in [2.45, 2.75) is 0 Å². The van der Waals surface area contributed by atoms with Crippen molar-refractivity contribution in [3.05, 3.63) is 36.4 Å². The fourth-order valence-electron chi connectivity index (χ4n) is 1.15. The first-order valence-electron chi connectivity index (χ1n) is 3.83. The third-order valence-corrected chi connectivity index (χ3v) is 1.78. The number of rotatable bonds is 1. The Bertz CT molecular complexity index is 409. The minimum Gasteiger partial charge on any atom is -0.396 e. The average Bonchev–Trinajstić information content (AvgIpc) is 2.62. The fourth-order valence-corrected chi connectivity index (χ4v) is 1.15. The SMILES string of the molecule is Nc1cccc(-c2ncc[nH]2)c1F. The van der Waals surface area contributed by atoms with E-state index in [0.29, 0.717) is 11.4 Å². The van der Waals surface area contributed by atoms with E-state index < -0.39 is 5.82 Å². The first-order chi connectivity index (χ1) is 6.29. The Morgan fingerprint density at radius 1 is 1.38 bits per heavy atom. The summed E-state index contributed by atoms with van der Waals surface area (Å²) in [6.45, 7) is 0. The number of H-pyrrole nitrogens is 1. The molecule has 1 aromatic carbocycles. The van der Waals surface area contributed by atoms with Crippen molar-refractivity contribution in [1.82, 2.24) is 9.97 Å². The number of aromatic nitrogens is 2. The summed E-state index contributed by atoms with van der Waals surface area (Å²) >= 11 is 0. The van der Waals surface area contributed by atoms with Crippen LogP contribution in [0.4, 0.5) is 10.1 Å². The second-order valence-electron chi connectivity index (χ2n) is 2.65. The number of nitrogens with two attached hydrogens (primary N) is 1. The van der Waals surface area contributed by atoms with Gasteiger partial charge in [0.25, 0.3) is 0 Å². The standard InChI is InChI=1S/C9H8FN3/c10-8-6(2-1-3-7(8)11)9-12-4-5-13-9/h1-5H,11H2,(H,12,13). The van der Waals surface area contributed by atoms with Gasteiger partial charge in [0.2, 0.25) is 0 Å². The number of imidazole rings is 1. The Hall–Kier alpha value is -1.84. The summed E-state index contributed by atoms with van der Waals surface area (Å²) in [6.07, 6.45) is 3.20. The van der Waals surface area contributed by atoms with E-state index in [1.165, 1.54) is 6.07 Å². The Morgan fingerprint density at radius 2 is 2.23 bits per heavy atom. The van der Waals surface area contributed by atoms with Gasteiger partial charge in [0.05, 0.1) is 11.3 Å². The molecule has 0 aliphatic rings. The summed E-state index contributed by atoms with van der Waals surface area (Å²) < 4.78 is 13.4. The van der Waals surface area contributed by atoms with Crippen molar-refractivity contribution in [3.63, 3.8) is 0 Å². The topological polar surface area (TPSA) is 54.7 Å². The van der Waals surface area contributed by atoms with Gasteiger partial charge in [-0.2, -0.15) is 0 Å². The molecule has 0 fully saturated rings. The summed E-state index contributed by atoms with van der Waals surface area (Å²) in [5, 5.41) is 0. The lowest BCUT2D eigenvalue weighted by Crippen LogP contribution is -1.93. The number of anilines is 1. The maximum absolute atomic E-state index is 13.4. The molecule has 0 saturated carbocycles. The van der Waals surface area contributed by atoms with E-state index >= 15 is 0 Å². The maximum atomic E-state index is 13.4. The minimum atomic E-state index is -0.433. The lowest BCUT2D eigenvalue weighted by atomic mass is 10.2. The summed E-state index contributed by atoms with van der Waals surface area (Å²) in [6, 6.07) is 4.84. The molecule has 0 spiro atoms. The van der Waals surface area contributed by atoms with E-state index in [1.807, 2.05) is 0 Å². The largest absolute Gasteiger partial charge is 0.396 e. The number of hydrogen-bond acceptors (Lipinski definition) is 2. The lowest BCUT2D eigenvalue weighted by molar-refractivity contribution is 0.635. The molecule has 0 amide bonds. The van der Waals surface area contributed by atoms with Crippen LogP contribution < -0.4 is 5.73 Å². The number of hydrogen-bond donors (Lipinski definition) is 2. The van der Waals surface area contributed by atoms with Gasteiger partial charge < -0.3 is 10.7 Å². The van der Waals surface area contributed by atoms with Crippen molar-refractivity contribution in [2.24, 2.45) is 0 Å². The van der Waals surface area contributed by atoms with E-state index in [0.717, 1.165) is 0 Å². The van der Waals surface area contributed by atoms with E-state index in [4.69, 9.17) is 5.73 Å². The van der Waals surface area contributed by atoms with Gasteiger partial charge in [-0.15, -0.1) is 0 Å². The van der Waals surface area contributed by atoms with Crippen molar-refractivity contribution in [1.29, 1.82) is 0 Å². The molecule has 3 N–H and O–H groups in total. The predicted molar refractivity (Wildman–Crippen MR) is 48.4 cm³/mol. The van der Waals surface area contributed by atoms with Crippen LogP contribution in [0.5, 0.6) is 0 Å². The molecule has 2 aromatic rings. The van der Waals surface area contributed by atoms with Crippen molar-refractivity contribution >= 4 is 5.69 Å². The van der Waals surface area contributed by atoms with Crippen LogP contribution in [0.3, 0.4) is 0 Å². The summed E-state index contributed by atoms with van der Waals surface area (Å²) in [5.74, 6) is 0.0576. The highest BCUT2D eigenvalue weighted by atomic mass is 19.1. The number of nitrogen functional groups attached to an aromatic ring is 1. The first kappa shape index (κ1) is 7.79. The molecule has 0 unspecified atom stereocenters. The Balaban J connectivity index is 2.59. The summed E-state index contributed by atoms with van der Waals surface area (Å²) in [5.41, 5.74) is 5.94. The highest BCUT2D eigenvalue weighted by Gasteiger charge is 2.08. The van der Waals surface area contributed by atoms with Gasteiger partial charge in [-0.25, -0.2) is 9.37 Å². The van der Waals surface area contributed by atoms with Gasteiger partial charge in [-0.3, -0.25) is 0 Å². The van der Waals surface area contributed by atoms with Gasteiger partial charge in [-0.05, 0) is 12.1 Å². The molecule has 0 radical (unpaired) electrons.